The highest BCUT2D eigenvalue weighted by Crippen LogP contribution is 2.28. The molecule has 3 rings (SSSR count). The third-order valence-corrected chi connectivity index (χ3v) is 6.62. The highest BCUT2D eigenvalue weighted by atomic mass is 32.2. The Morgan fingerprint density at radius 2 is 1.59 bits per heavy atom. The highest BCUT2D eigenvalue weighted by molar-refractivity contribution is 7.89. The van der Waals surface area contributed by atoms with Gasteiger partial charge in [-0.05, 0) is 61.4 Å². The van der Waals surface area contributed by atoms with Gasteiger partial charge in [0.1, 0.15) is 11.5 Å². The van der Waals surface area contributed by atoms with Crippen molar-refractivity contribution in [1.82, 2.24) is 14.4 Å². The Bertz CT molecular complexity index is 1080. The van der Waals surface area contributed by atoms with Gasteiger partial charge in [0.2, 0.25) is 21.7 Å². The van der Waals surface area contributed by atoms with Gasteiger partial charge in [0.05, 0.1) is 25.7 Å². The predicted octanol–water partition coefficient (Wildman–Crippen LogP) is 3.19. The summed E-state index contributed by atoms with van der Waals surface area (Å²) in [5.74, 6) is 1.91. The Morgan fingerprint density at radius 1 is 1.00 bits per heavy atom. The molecule has 2 aromatic carbocycles. The molecular weight excluding hydrogens is 394 g/mol. The number of nitrogens with zero attached hydrogens (tertiary/aromatic N) is 3. The van der Waals surface area contributed by atoms with Crippen LogP contribution in [0.4, 0.5) is 0 Å². The molecule has 0 saturated heterocycles. The van der Waals surface area contributed by atoms with Crippen molar-refractivity contribution >= 4 is 10.0 Å². The quantitative estimate of drug-likeness (QED) is 0.583. The molecule has 9 heteroatoms. The lowest BCUT2D eigenvalue weighted by Gasteiger charge is -2.19. The fraction of sp³-hybridized carbons (Fsp3) is 0.300. The van der Waals surface area contributed by atoms with Crippen LogP contribution in [0.3, 0.4) is 0 Å². The van der Waals surface area contributed by atoms with Gasteiger partial charge in [-0.3, -0.25) is 0 Å². The minimum Gasteiger partial charge on any atom is -0.497 e. The molecular formula is C20H23N3O5S. The average molecular weight is 417 g/mol. The van der Waals surface area contributed by atoms with Crippen LogP contribution in [0.1, 0.15) is 17.0 Å². The van der Waals surface area contributed by atoms with E-state index in [2.05, 4.69) is 10.1 Å². The molecule has 0 aliphatic rings. The number of rotatable bonds is 7. The first-order valence-electron chi connectivity index (χ1n) is 8.85. The molecule has 0 N–H and O–H groups in total. The summed E-state index contributed by atoms with van der Waals surface area (Å²) in [6, 6.07) is 10.6. The molecule has 29 heavy (non-hydrogen) atoms. The Morgan fingerprint density at radius 3 is 2.14 bits per heavy atom. The normalized spacial score (nSPS) is 11.7. The van der Waals surface area contributed by atoms with E-state index in [0.717, 1.165) is 5.56 Å². The Balaban J connectivity index is 1.83. The van der Waals surface area contributed by atoms with Crippen molar-refractivity contribution in [2.24, 2.45) is 0 Å². The van der Waals surface area contributed by atoms with Crippen LogP contribution in [0.5, 0.6) is 11.5 Å². The van der Waals surface area contributed by atoms with Crippen molar-refractivity contribution in [3.05, 3.63) is 53.4 Å². The average Bonchev–Trinajstić information content (AvgIpc) is 3.15. The molecule has 0 amide bonds. The summed E-state index contributed by atoms with van der Waals surface area (Å²) in [6.07, 6.45) is 0. The van der Waals surface area contributed by atoms with Crippen molar-refractivity contribution in [3.8, 4) is 22.9 Å². The summed E-state index contributed by atoms with van der Waals surface area (Å²) < 4.78 is 43.0. The van der Waals surface area contributed by atoms with Crippen LogP contribution in [0.15, 0.2) is 45.8 Å². The van der Waals surface area contributed by atoms with Crippen LogP contribution in [0, 0.1) is 13.8 Å². The van der Waals surface area contributed by atoms with Gasteiger partial charge in [-0.2, -0.15) is 9.29 Å². The molecule has 0 saturated carbocycles. The number of ether oxygens (including phenoxy) is 2. The second-order valence-electron chi connectivity index (χ2n) is 6.59. The molecule has 0 spiro atoms. The lowest BCUT2D eigenvalue weighted by atomic mass is 10.1. The largest absolute Gasteiger partial charge is 0.497 e. The molecule has 8 nitrogen and oxygen atoms in total. The predicted molar refractivity (Wildman–Crippen MR) is 107 cm³/mol. The SMILES string of the molecule is COc1ccc(-c2noc(CN(C)S(=O)(=O)c3c(C)cc(OC)cc3C)n2)cc1. The van der Waals surface area contributed by atoms with Gasteiger partial charge in [0.15, 0.2) is 0 Å². The number of methoxy groups -OCH3 is 2. The number of hydrogen-bond donors (Lipinski definition) is 0. The third kappa shape index (κ3) is 4.25. The van der Waals surface area contributed by atoms with E-state index in [1.54, 1.807) is 64.5 Å². The molecule has 3 aromatic rings. The summed E-state index contributed by atoms with van der Waals surface area (Å²) in [5, 5.41) is 3.94. The van der Waals surface area contributed by atoms with E-state index in [-0.39, 0.29) is 17.3 Å². The second kappa shape index (κ2) is 8.22. The van der Waals surface area contributed by atoms with Gasteiger partial charge >= 0.3 is 0 Å². The van der Waals surface area contributed by atoms with Crippen molar-refractivity contribution in [3.63, 3.8) is 0 Å². The first kappa shape index (κ1) is 20.8. The topological polar surface area (TPSA) is 94.8 Å². The number of aromatic nitrogens is 2. The van der Waals surface area contributed by atoms with E-state index in [1.165, 1.54) is 11.4 Å². The maximum Gasteiger partial charge on any atom is 0.243 e. The van der Waals surface area contributed by atoms with Crippen molar-refractivity contribution in [2.45, 2.75) is 25.3 Å². The fourth-order valence-corrected chi connectivity index (χ4v) is 4.57. The zero-order valence-electron chi connectivity index (χ0n) is 17.0. The van der Waals surface area contributed by atoms with E-state index < -0.39 is 10.0 Å². The zero-order valence-corrected chi connectivity index (χ0v) is 17.8. The number of hydrogen-bond acceptors (Lipinski definition) is 7. The summed E-state index contributed by atoms with van der Waals surface area (Å²) in [5.41, 5.74) is 1.96. The molecule has 1 heterocycles. The zero-order chi connectivity index (χ0) is 21.2. The van der Waals surface area contributed by atoms with Crippen molar-refractivity contribution in [1.29, 1.82) is 0 Å². The molecule has 0 fully saturated rings. The lowest BCUT2D eigenvalue weighted by molar-refractivity contribution is 0.336. The van der Waals surface area contributed by atoms with E-state index >= 15 is 0 Å². The Kier molecular flexibility index (Phi) is 5.90. The molecule has 0 atom stereocenters. The van der Waals surface area contributed by atoms with Gasteiger partial charge in [-0.1, -0.05) is 5.16 Å². The fourth-order valence-electron chi connectivity index (χ4n) is 3.04. The molecule has 0 unspecified atom stereocenters. The van der Waals surface area contributed by atoms with Gasteiger partial charge in [-0.25, -0.2) is 8.42 Å². The van der Waals surface area contributed by atoms with E-state index in [1.807, 2.05) is 0 Å². The molecule has 1 aromatic heterocycles. The number of benzene rings is 2. The van der Waals surface area contributed by atoms with Crippen molar-refractivity contribution in [2.75, 3.05) is 21.3 Å². The van der Waals surface area contributed by atoms with Crippen LogP contribution in [-0.4, -0.2) is 44.1 Å². The molecule has 154 valence electrons. The minimum atomic E-state index is -3.75. The van der Waals surface area contributed by atoms with E-state index in [9.17, 15) is 8.42 Å². The van der Waals surface area contributed by atoms with Gasteiger partial charge < -0.3 is 14.0 Å². The molecule has 0 aliphatic carbocycles. The summed E-state index contributed by atoms with van der Waals surface area (Å²) in [7, 11) is 0.861. The number of sulfonamides is 1. The van der Waals surface area contributed by atoms with Crippen LogP contribution in [-0.2, 0) is 16.6 Å². The third-order valence-electron chi connectivity index (χ3n) is 4.51. The maximum atomic E-state index is 13.1. The van der Waals surface area contributed by atoms with Gasteiger partial charge in [0, 0.05) is 12.6 Å². The van der Waals surface area contributed by atoms with Crippen molar-refractivity contribution < 1.29 is 22.4 Å². The monoisotopic (exact) mass is 417 g/mol. The molecule has 0 bridgehead atoms. The summed E-state index contributed by atoms with van der Waals surface area (Å²) >= 11 is 0. The Labute approximate surface area is 170 Å². The highest BCUT2D eigenvalue weighted by Gasteiger charge is 2.27. The van der Waals surface area contributed by atoms with Gasteiger partial charge in [0.25, 0.3) is 0 Å². The summed E-state index contributed by atoms with van der Waals surface area (Å²) in [4.78, 5) is 4.56. The smallest absolute Gasteiger partial charge is 0.243 e. The van der Waals surface area contributed by atoms with Crippen LogP contribution in [0.2, 0.25) is 0 Å². The maximum absolute atomic E-state index is 13.1. The standard InChI is InChI=1S/C20H23N3O5S/c1-13-10-17(27-5)11-14(2)19(13)29(24,25)23(3)12-18-21-20(22-28-18)15-6-8-16(26-4)9-7-15/h6-11H,12H2,1-5H3. The first-order chi connectivity index (χ1) is 13.8. The van der Waals surface area contributed by atoms with Crippen LogP contribution in [0.25, 0.3) is 11.4 Å². The Hall–Kier alpha value is -2.91. The second-order valence-corrected chi connectivity index (χ2v) is 8.57. The molecule has 0 radical (unpaired) electrons. The molecule has 0 aliphatic heterocycles. The van der Waals surface area contributed by atoms with E-state index in [4.69, 9.17) is 14.0 Å². The van der Waals surface area contributed by atoms with Crippen LogP contribution < -0.4 is 9.47 Å². The minimum absolute atomic E-state index is 0.0452. The number of aryl methyl sites for hydroxylation is 2. The van der Waals surface area contributed by atoms with E-state index in [0.29, 0.717) is 28.5 Å². The summed E-state index contributed by atoms with van der Waals surface area (Å²) in [6.45, 7) is 3.44. The first-order valence-corrected chi connectivity index (χ1v) is 10.3. The van der Waals surface area contributed by atoms with Gasteiger partial charge in [-0.15, -0.1) is 0 Å². The van der Waals surface area contributed by atoms with Crippen LogP contribution >= 0.6 is 0 Å². The lowest BCUT2D eigenvalue weighted by Crippen LogP contribution is -2.28.